The summed E-state index contributed by atoms with van der Waals surface area (Å²) in [5.41, 5.74) is 1.11. The van der Waals surface area contributed by atoms with Crippen molar-refractivity contribution in [3.63, 3.8) is 0 Å². The minimum atomic E-state index is -0.463. The van der Waals surface area contributed by atoms with Crippen molar-refractivity contribution in [3.05, 3.63) is 17.0 Å². The average molecular weight is 333 g/mol. The zero-order valence-corrected chi connectivity index (χ0v) is 13.9. The molecule has 3 heterocycles. The Morgan fingerprint density at radius 1 is 1.57 bits per heavy atom. The fraction of sp³-hybridized carbons (Fsp3) is 0.467. The second-order valence-corrected chi connectivity index (χ2v) is 6.46. The Kier molecular flexibility index (Phi) is 4.42. The number of amides is 2. The molecule has 8 heteroatoms. The molecule has 7 nitrogen and oxygen atoms in total. The fourth-order valence-corrected chi connectivity index (χ4v) is 3.64. The number of H-pyrrole nitrogens is 1. The van der Waals surface area contributed by atoms with Crippen LogP contribution in [0.2, 0.25) is 0 Å². The van der Waals surface area contributed by atoms with Crippen molar-refractivity contribution in [3.8, 4) is 10.7 Å². The first-order valence-corrected chi connectivity index (χ1v) is 8.55. The first-order chi connectivity index (χ1) is 11.1. The summed E-state index contributed by atoms with van der Waals surface area (Å²) in [7, 11) is 0. The van der Waals surface area contributed by atoms with Crippen molar-refractivity contribution in [1.29, 1.82) is 0 Å². The van der Waals surface area contributed by atoms with Gasteiger partial charge in [-0.2, -0.15) is 4.98 Å². The van der Waals surface area contributed by atoms with E-state index in [1.807, 2.05) is 25.3 Å². The van der Waals surface area contributed by atoms with E-state index in [4.69, 9.17) is 0 Å². The minimum Gasteiger partial charge on any atom is -0.331 e. The van der Waals surface area contributed by atoms with Gasteiger partial charge in [-0.05, 0) is 36.8 Å². The molecule has 2 N–H and O–H groups in total. The normalized spacial score (nSPS) is 15.9. The van der Waals surface area contributed by atoms with E-state index in [1.165, 1.54) is 0 Å². The standard InChI is InChI=1S/C15H19N5O2S/c1-3-10(20-7-4-5-11(20)21)14(22)17-15-16-13(18-19-15)12-9(2)6-8-23-12/h6,8,10H,3-5,7H2,1-2H3,(H2,16,17,18,19,22)/t10-/m1/s1. The molecule has 3 rings (SSSR count). The molecule has 0 aromatic carbocycles. The third-order valence-electron chi connectivity index (χ3n) is 3.97. The van der Waals surface area contributed by atoms with Crippen LogP contribution in [0.3, 0.4) is 0 Å². The molecule has 2 aromatic heterocycles. The van der Waals surface area contributed by atoms with E-state index in [2.05, 4.69) is 20.5 Å². The lowest BCUT2D eigenvalue weighted by Gasteiger charge is -2.25. The second-order valence-electron chi connectivity index (χ2n) is 5.54. The van der Waals surface area contributed by atoms with Gasteiger partial charge >= 0.3 is 0 Å². The molecular weight excluding hydrogens is 314 g/mol. The Labute approximate surface area is 138 Å². The smallest absolute Gasteiger partial charge is 0.249 e. The quantitative estimate of drug-likeness (QED) is 0.877. The molecule has 0 bridgehead atoms. The van der Waals surface area contributed by atoms with Gasteiger partial charge in [0.1, 0.15) is 6.04 Å². The number of anilines is 1. The lowest BCUT2D eigenvalue weighted by Crippen LogP contribution is -2.44. The van der Waals surface area contributed by atoms with Crippen LogP contribution < -0.4 is 5.32 Å². The number of carbonyl (C=O) groups excluding carboxylic acids is 2. The molecule has 2 aromatic rings. The number of hydrogen-bond donors (Lipinski definition) is 2. The molecule has 2 amide bonds. The molecule has 122 valence electrons. The van der Waals surface area contributed by atoms with E-state index in [0.717, 1.165) is 16.9 Å². The molecule has 1 aliphatic rings. The lowest BCUT2D eigenvalue weighted by atomic mass is 10.2. The van der Waals surface area contributed by atoms with Gasteiger partial charge in [0.15, 0.2) is 5.82 Å². The number of nitrogens with zero attached hydrogens (tertiary/aromatic N) is 3. The summed E-state index contributed by atoms with van der Waals surface area (Å²) in [5.74, 6) is 0.675. The summed E-state index contributed by atoms with van der Waals surface area (Å²) >= 11 is 1.57. The van der Waals surface area contributed by atoms with Gasteiger partial charge in [-0.3, -0.25) is 20.0 Å². The van der Waals surface area contributed by atoms with E-state index >= 15 is 0 Å². The van der Waals surface area contributed by atoms with Crippen LogP contribution in [0.15, 0.2) is 11.4 Å². The van der Waals surface area contributed by atoms with E-state index in [9.17, 15) is 9.59 Å². The molecule has 0 aliphatic carbocycles. The third kappa shape index (κ3) is 3.12. The van der Waals surface area contributed by atoms with Crippen molar-refractivity contribution < 1.29 is 9.59 Å². The SMILES string of the molecule is CC[C@H](C(=O)Nc1n[nH]c(-c2sccc2C)n1)N1CCCC1=O. The molecule has 0 unspecified atom stereocenters. The van der Waals surface area contributed by atoms with E-state index < -0.39 is 6.04 Å². The van der Waals surface area contributed by atoms with Crippen LogP contribution in [0.4, 0.5) is 5.95 Å². The Bertz CT molecular complexity index is 723. The van der Waals surface area contributed by atoms with Gasteiger partial charge in [0, 0.05) is 13.0 Å². The number of likely N-dealkylation sites (tertiary alicyclic amines) is 1. The van der Waals surface area contributed by atoms with Gasteiger partial charge in [0.2, 0.25) is 17.8 Å². The maximum atomic E-state index is 12.4. The van der Waals surface area contributed by atoms with Crippen LogP contribution in [0.25, 0.3) is 10.7 Å². The first kappa shape index (κ1) is 15.7. The van der Waals surface area contributed by atoms with Crippen LogP contribution in [0.1, 0.15) is 31.7 Å². The van der Waals surface area contributed by atoms with E-state index in [0.29, 0.717) is 25.2 Å². The zero-order chi connectivity index (χ0) is 16.4. The monoisotopic (exact) mass is 333 g/mol. The van der Waals surface area contributed by atoms with Gasteiger partial charge in [0.25, 0.3) is 0 Å². The topological polar surface area (TPSA) is 91.0 Å². The summed E-state index contributed by atoms with van der Waals surface area (Å²) in [6.07, 6.45) is 1.90. The van der Waals surface area contributed by atoms with Gasteiger partial charge in [0.05, 0.1) is 4.88 Å². The van der Waals surface area contributed by atoms with Crippen LogP contribution in [-0.4, -0.2) is 44.5 Å². The summed E-state index contributed by atoms with van der Waals surface area (Å²) in [5, 5.41) is 11.6. The molecule has 1 atom stereocenters. The average Bonchev–Trinajstić information content (AvgIpc) is 3.23. The molecular formula is C15H19N5O2S. The molecule has 0 radical (unpaired) electrons. The Morgan fingerprint density at radius 3 is 3.00 bits per heavy atom. The third-order valence-corrected chi connectivity index (χ3v) is 5.00. The molecule has 0 saturated carbocycles. The molecule has 0 spiro atoms. The van der Waals surface area contributed by atoms with Gasteiger partial charge < -0.3 is 4.90 Å². The highest BCUT2D eigenvalue weighted by molar-refractivity contribution is 7.13. The van der Waals surface area contributed by atoms with Crippen molar-refractivity contribution in [2.45, 2.75) is 39.2 Å². The predicted molar refractivity (Wildman–Crippen MR) is 88.1 cm³/mol. The van der Waals surface area contributed by atoms with Gasteiger partial charge in [-0.25, -0.2) is 0 Å². The van der Waals surface area contributed by atoms with Gasteiger partial charge in [-0.15, -0.1) is 16.4 Å². The number of rotatable bonds is 5. The maximum Gasteiger partial charge on any atom is 0.249 e. The summed E-state index contributed by atoms with van der Waals surface area (Å²) in [6.45, 7) is 4.53. The highest BCUT2D eigenvalue weighted by atomic mass is 32.1. The maximum absolute atomic E-state index is 12.4. The van der Waals surface area contributed by atoms with Crippen LogP contribution in [0, 0.1) is 6.92 Å². The predicted octanol–water partition coefficient (Wildman–Crippen LogP) is 2.18. The minimum absolute atomic E-state index is 0.0388. The number of aromatic amines is 1. The van der Waals surface area contributed by atoms with Crippen LogP contribution in [-0.2, 0) is 9.59 Å². The van der Waals surface area contributed by atoms with Crippen molar-refractivity contribution >= 4 is 29.1 Å². The van der Waals surface area contributed by atoms with E-state index in [1.54, 1.807) is 16.2 Å². The van der Waals surface area contributed by atoms with E-state index in [-0.39, 0.29) is 17.8 Å². The number of carbonyl (C=O) groups is 2. The van der Waals surface area contributed by atoms with Crippen molar-refractivity contribution in [1.82, 2.24) is 20.1 Å². The fourth-order valence-electron chi connectivity index (χ4n) is 2.77. The highest BCUT2D eigenvalue weighted by Crippen LogP contribution is 2.26. The zero-order valence-electron chi connectivity index (χ0n) is 13.1. The number of aryl methyl sites for hydroxylation is 1. The molecule has 23 heavy (non-hydrogen) atoms. The second kappa shape index (κ2) is 6.49. The largest absolute Gasteiger partial charge is 0.331 e. The van der Waals surface area contributed by atoms with Crippen LogP contribution >= 0.6 is 11.3 Å². The van der Waals surface area contributed by atoms with Crippen molar-refractivity contribution in [2.24, 2.45) is 0 Å². The molecule has 1 fully saturated rings. The number of nitrogens with one attached hydrogen (secondary N) is 2. The van der Waals surface area contributed by atoms with Gasteiger partial charge in [-0.1, -0.05) is 6.92 Å². The van der Waals surface area contributed by atoms with Crippen LogP contribution in [0.5, 0.6) is 0 Å². The molecule has 1 saturated heterocycles. The summed E-state index contributed by atoms with van der Waals surface area (Å²) in [4.78, 5) is 31.3. The summed E-state index contributed by atoms with van der Waals surface area (Å²) < 4.78 is 0. The first-order valence-electron chi connectivity index (χ1n) is 7.67. The molecule has 1 aliphatic heterocycles. The number of aromatic nitrogens is 3. The van der Waals surface area contributed by atoms with Crippen molar-refractivity contribution in [2.75, 3.05) is 11.9 Å². The Hall–Kier alpha value is -2.22. The number of thiophene rings is 1. The highest BCUT2D eigenvalue weighted by Gasteiger charge is 2.32. The number of hydrogen-bond acceptors (Lipinski definition) is 5. The Balaban J connectivity index is 1.71. The summed E-state index contributed by atoms with van der Waals surface area (Å²) in [6, 6.07) is 1.54. The Morgan fingerprint density at radius 2 is 2.39 bits per heavy atom. The lowest BCUT2D eigenvalue weighted by molar-refractivity contribution is -0.135.